The molecule has 0 atom stereocenters. The second kappa shape index (κ2) is 10.5. The quantitative estimate of drug-likeness (QED) is 0.306. The van der Waals surface area contributed by atoms with Gasteiger partial charge in [-0.05, 0) is 60.5 Å². The van der Waals surface area contributed by atoms with Gasteiger partial charge >= 0.3 is 11.8 Å². The van der Waals surface area contributed by atoms with Crippen LogP contribution in [0.3, 0.4) is 0 Å². The minimum absolute atomic E-state index is 0.103. The normalized spacial score (nSPS) is 10.7. The van der Waals surface area contributed by atoms with Crippen LogP contribution in [0, 0.1) is 12.7 Å². The fourth-order valence-corrected chi connectivity index (χ4v) is 2.82. The highest BCUT2D eigenvalue weighted by molar-refractivity contribution is 9.10. The number of hydrogen-bond donors (Lipinski definition) is 2. The van der Waals surface area contributed by atoms with Gasteiger partial charge in [-0.1, -0.05) is 45.8 Å². The van der Waals surface area contributed by atoms with Crippen LogP contribution in [-0.2, 0) is 16.2 Å². The average Bonchev–Trinajstić information content (AvgIpc) is 2.76. The van der Waals surface area contributed by atoms with E-state index in [1.165, 1.54) is 23.9 Å². The Balaban J connectivity index is 1.48. The summed E-state index contributed by atoms with van der Waals surface area (Å²) in [5.74, 6) is -2.02. The molecular weight excluding hydrogens is 465 g/mol. The summed E-state index contributed by atoms with van der Waals surface area (Å²) in [6.45, 7) is 2.49. The summed E-state index contributed by atoms with van der Waals surface area (Å²) in [4.78, 5) is 23.7. The summed E-state index contributed by atoms with van der Waals surface area (Å²) in [6, 6.07) is 19.2. The lowest BCUT2D eigenvalue weighted by Gasteiger charge is -2.07. The number of nitrogens with one attached hydrogen (secondary N) is 2. The Morgan fingerprint density at radius 1 is 1.03 bits per heavy atom. The predicted octanol–water partition coefficient (Wildman–Crippen LogP) is 4.56. The maximum atomic E-state index is 13.7. The summed E-state index contributed by atoms with van der Waals surface area (Å²) in [5, 5.41) is 5.93. The van der Waals surface area contributed by atoms with Gasteiger partial charge in [-0.3, -0.25) is 9.59 Å². The standard InChI is InChI=1S/C23H19BrFN3O3/c1-15-2-4-17(5-3-15)14-31-19-9-6-16(7-10-19)13-26-28-23(30)22(29)27-21-11-8-18(24)12-20(21)25/h2-13H,14H2,1H3,(H,27,29)(H,28,30)/b26-13+. The van der Waals surface area contributed by atoms with Crippen molar-refractivity contribution in [3.63, 3.8) is 0 Å². The molecule has 3 aromatic rings. The number of hydrazone groups is 1. The van der Waals surface area contributed by atoms with E-state index in [2.05, 4.69) is 31.8 Å². The number of ether oxygens (including phenoxy) is 1. The third-order valence-electron chi connectivity index (χ3n) is 4.17. The van der Waals surface area contributed by atoms with Gasteiger partial charge in [-0.15, -0.1) is 0 Å². The molecule has 0 aromatic heterocycles. The first-order valence-electron chi connectivity index (χ1n) is 9.28. The first-order valence-corrected chi connectivity index (χ1v) is 10.1. The number of nitrogens with zero attached hydrogens (tertiary/aromatic N) is 1. The zero-order chi connectivity index (χ0) is 22.2. The zero-order valence-electron chi connectivity index (χ0n) is 16.6. The summed E-state index contributed by atoms with van der Waals surface area (Å²) < 4.78 is 20.0. The smallest absolute Gasteiger partial charge is 0.329 e. The van der Waals surface area contributed by atoms with Crippen molar-refractivity contribution in [3.8, 4) is 5.75 Å². The van der Waals surface area contributed by atoms with Gasteiger partial charge in [0, 0.05) is 4.47 Å². The molecule has 0 saturated carbocycles. The molecule has 0 saturated heterocycles. The third-order valence-corrected chi connectivity index (χ3v) is 4.66. The molecule has 8 heteroatoms. The summed E-state index contributed by atoms with van der Waals surface area (Å²) in [7, 11) is 0. The number of benzene rings is 3. The number of aryl methyl sites for hydroxylation is 1. The van der Waals surface area contributed by atoms with Crippen molar-refractivity contribution in [2.45, 2.75) is 13.5 Å². The molecule has 0 heterocycles. The number of hydrogen-bond acceptors (Lipinski definition) is 4. The van der Waals surface area contributed by atoms with Gasteiger partial charge in [0.05, 0.1) is 11.9 Å². The van der Waals surface area contributed by atoms with Crippen molar-refractivity contribution >= 4 is 39.6 Å². The van der Waals surface area contributed by atoms with Crippen LogP contribution < -0.4 is 15.5 Å². The van der Waals surface area contributed by atoms with E-state index in [4.69, 9.17) is 4.74 Å². The van der Waals surface area contributed by atoms with Gasteiger partial charge < -0.3 is 10.1 Å². The number of carbonyl (C=O) groups is 2. The van der Waals surface area contributed by atoms with Crippen LogP contribution in [0.25, 0.3) is 0 Å². The summed E-state index contributed by atoms with van der Waals surface area (Å²) in [5.41, 5.74) is 4.96. The van der Waals surface area contributed by atoms with Crippen LogP contribution in [-0.4, -0.2) is 18.0 Å². The fraction of sp³-hybridized carbons (Fsp3) is 0.0870. The van der Waals surface area contributed by atoms with E-state index in [1.54, 1.807) is 30.3 Å². The molecule has 0 spiro atoms. The molecule has 2 N–H and O–H groups in total. The first kappa shape index (κ1) is 22.2. The van der Waals surface area contributed by atoms with Gasteiger partial charge in [0.1, 0.15) is 18.2 Å². The lowest BCUT2D eigenvalue weighted by atomic mass is 10.2. The molecule has 2 amide bonds. The van der Waals surface area contributed by atoms with Gasteiger partial charge in [-0.25, -0.2) is 9.82 Å². The molecule has 31 heavy (non-hydrogen) atoms. The molecule has 0 radical (unpaired) electrons. The predicted molar refractivity (Wildman–Crippen MR) is 120 cm³/mol. The number of anilines is 1. The van der Waals surface area contributed by atoms with Crippen molar-refractivity contribution in [1.82, 2.24) is 5.43 Å². The molecule has 0 aliphatic carbocycles. The Labute approximate surface area is 187 Å². The SMILES string of the molecule is Cc1ccc(COc2ccc(/C=N/NC(=O)C(=O)Nc3ccc(Br)cc3F)cc2)cc1. The van der Waals surface area contributed by atoms with E-state index in [-0.39, 0.29) is 5.69 Å². The monoisotopic (exact) mass is 483 g/mol. The van der Waals surface area contributed by atoms with Gasteiger partial charge in [0.25, 0.3) is 0 Å². The van der Waals surface area contributed by atoms with Crippen LogP contribution in [0.4, 0.5) is 10.1 Å². The lowest BCUT2D eigenvalue weighted by Crippen LogP contribution is -2.32. The van der Waals surface area contributed by atoms with Crippen LogP contribution in [0.1, 0.15) is 16.7 Å². The number of halogens is 2. The Hall–Kier alpha value is -3.52. The fourth-order valence-electron chi connectivity index (χ4n) is 2.49. The summed E-state index contributed by atoms with van der Waals surface area (Å²) >= 11 is 3.11. The highest BCUT2D eigenvalue weighted by atomic mass is 79.9. The Morgan fingerprint density at radius 3 is 2.42 bits per heavy atom. The van der Waals surface area contributed by atoms with E-state index < -0.39 is 17.6 Å². The average molecular weight is 484 g/mol. The Bertz CT molecular complexity index is 1100. The van der Waals surface area contributed by atoms with Crippen LogP contribution >= 0.6 is 15.9 Å². The molecule has 0 aliphatic heterocycles. The molecule has 3 aromatic carbocycles. The van der Waals surface area contributed by atoms with E-state index in [1.807, 2.05) is 31.2 Å². The maximum absolute atomic E-state index is 13.7. The number of rotatable bonds is 6. The molecule has 0 unspecified atom stereocenters. The lowest BCUT2D eigenvalue weighted by molar-refractivity contribution is -0.136. The van der Waals surface area contributed by atoms with Crippen LogP contribution in [0.2, 0.25) is 0 Å². The molecule has 3 rings (SSSR count). The molecule has 6 nitrogen and oxygen atoms in total. The summed E-state index contributed by atoms with van der Waals surface area (Å²) in [6.07, 6.45) is 1.38. The highest BCUT2D eigenvalue weighted by Crippen LogP contribution is 2.19. The molecule has 158 valence electrons. The van der Waals surface area contributed by atoms with Crippen molar-refractivity contribution in [1.29, 1.82) is 0 Å². The van der Waals surface area contributed by atoms with Crippen molar-refractivity contribution in [2.24, 2.45) is 5.10 Å². The number of amides is 2. The van der Waals surface area contributed by atoms with E-state index in [9.17, 15) is 14.0 Å². The topological polar surface area (TPSA) is 79.8 Å². The Kier molecular flexibility index (Phi) is 7.50. The van der Waals surface area contributed by atoms with Crippen molar-refractivity contribution < 1.29 is 18.7 Å². The van der Waals surface area contributed by atoms with E-state index >= 15 is 0 Å². The maximum Gasteiger partial charge on any atom is 0.329 e. The van der Waals surface area contributed by atoms with E-state index in [0.29, 0.717) is 22.4 Å². The van der Waals surface area contributed by atoms with Gasteiger partial charge in [-0.2, -0.15) is 5.10 Å². The minimum Gasteiger partial charge on any atom is -0.489 e. The zero-order valence-corrected chi connectivity index (χ0v) is 18.1. The van der Waals surface area contributed by atoms with Crippen LogP contribution in [0.15, 0.2) is 76.3 Å². The Morgan fingerprint density at radius 2 is 1.74 bits per heavy atom. The van der Waals surface area contributed by atoms with Gasteiger partial charge in [0.2, 0.25) is 0 Å². The minimum atomic E-state index is -1.03. The molecule has 0 aliphatic rings. The van der Waals surface area contributed by atoms with Gasteiger partial charge in [0.15, 0.2) is 0 Å². The second-order valence-corrected chi connectivity index (χ2v) is 7.54. The second-order valence-electron chi connectivity index (χ2n) is 6.62. The van der Waals surface area contributed by atoms with Crippen LogP contribution in [0.5, 0.6) is 5.75 Å². The largest absolute Gasteiger partial charge is 0.489 e. The molecule has 0 bridgehead atoms. The van der Waals surface area contributed by atoms with E-state index in [0.717, 1.165) is 5.56 Å². The van der Waals surface area contributed by atoms with Crippen molar-refractivity contribution in [3.05, 3.63) is 93.7 Å². The number of carbonyl (C=O) groups excluding carboxylic acids is 2. The first-order chi connectivity index (χ1) is 14.9. The van der Waals surface area contributed by atoms with Crippen molar-refractivity contribution in [2.75, 3.05) is 5.32 Å². The highest BCUT2D eigenvalue weighted by Gasteiger charge is 2.15. The molecule has 0 fully saturated rings. The third kappa shape index (κ3) is 6.75. The molecular formula is C23H19BrFN3O3.